The fourth-order valence-corrected chi connectivity index (χ4v) is 4.80. The zero-order valence-electron chi connectivity index (χ0n) is 17.6. The highest BCUT2D eigenvalue weighted by atomic mass is 16.4. The molecule has 7 rings (SSSR count). The first-order chi connectivity index (χ1) is 16.4. The Bertz CT molecular complexity index is 1650. The van der Waals surface area contributed by atoms with Gasteiger partial charge in [-0.3, -0.25) is 0 Å². The van der Waals surface area contributed by atoms with Crippen molar-refractivity contribution < 1.29 is 13.3 Å². The molecule has 4 nitrogen and oxygen atoms in total. The number of hydrogen-bond acceptors (Lipinski definition) is 4. The van der Waals surface area contributed by atoms with E-state index in [1.165, 1.54) is 6.39 Å². The Hall–Kier alpha value is -4.49. The Balaban J connectivity index is 1.61. The topological polar surface area (TPSA) is 52.3 Å². The van der Waals surface area contributed by atoms with E-state index in [4.69, 9.17) is 13.3 Å². The number of furan rings is 2. The smallest absolute Gasteiger partial charge is 0.181 e. The molecule has 0 spiro atoms. The zero-order valence-corrected chi connectivity index (χ0v) is 17.6. The molecule has 3 heterocycles. The summed E-state index contributed by atoms with van der Waals surface area (Å²) in [5.74, 6) is 1.52. The monoisotopic (exact) mass is 427 g/mol. The van der Waals surface area contributed by atoms with Crippen molar-refractivity contribution in [2.45, 2.75) is 12.8 Å². The maximum Gasteiger partial charge on any atom is 0.181 e. The number of nitrogens with zero attached hydrogens (tertiary/aromatic N) is 1. The van der Waals surface area contributed by atoms with Gasteiger partial charge < -0.3 is 13.3 Å². The Labute approximate surface area is 189 Å². The molecule has 33 heavy (non-hydrogen) atoms. The summed E-state index contributed by atoms with van der Waals surface area (Å²) in [4.78, 5) is 4.35. The second kappa shape index (κ2) is 7.01. The highest BCUT2D eigenvalue weighted by Gasteiger charge is 2.28. The summed E-state index contributed by atoms with van der Waals surface area (Å²) in [6, 6.07) is 24.6. The van der Waals surface area contributed by atoms with Crippen molar-refractivity contribution in [3.05, 3.63) is 96.6 Å². The number of hydrogen-bond donors (Lipinski definition) is 0. The van der Waals surface area contributed by atoms with Crippen molar-refractivity contribution in [1.82, 2.24) is 4.98 Å². The number of para-hydroxylation sites is 1. The molecule has 156 valence electrons. The first-order valence-corrected chi connectivity index (χ1v) is 10.9. The van der Waals surface area contributed by atoms with Gasteiger partial charge in [0.15, 0.2) is 12.2 Å². The van der Waals surface area contributed by atoms with Crippen LogP contribution in [0.2, 0.25) is 0 Å². The molecule has 0 aliphatic heterocycles. The molecule has 3 aromatic carbocycles. The largest absolute Gasteiger partial charge is 0.455 e. The van der Waals surface area contributed by atoms with Gasteiger partial charge in [0.1, 0.15) is 28.9 Å². The van der Waals surface area contributed by atoms with Gasteiger partial charge in [-0.2, -0.15) is 0 Å². The molecule has 0 saturated carbocycles. The number of aromatic nitrogens is 1. The molecule has 0 atom stereocenters. The molecule has 6 aromatic rings. The predicted octanol–water partition coefficient (Wildman–Crippen LogP) is 7.73. The van der Waals surface area contributed by atoms with Crippen LogP contribution in [0.4, 0.5) is 0 Å². The maximum absolute atomic E-state index is 6.61. The summed E-state index contributed by atoms with van der Waals surface area (Å²) in [5, 5.41) is 2.14. The van der Waals surface area contributed by atoms with E-state index in [9.17, 15) is 0 Å². The van der Waals surface area contributed by atoms with Gasteiger partial charge in [-0.05, 0) is 37.1 Å². The third-order valence-corrected chi connectivity index (χ3v) is 6.27. The van der Waals surface area contributed by atoms with Crippen LogP contribution in [0.3, 0.4) is 0 Å². The van der Waals surface area contributed by atoms with Crippen LogP contribution >= 0.6 is 0 Å². The fourth-order valence-electron chi connectivity index (χ4n) is 4.80. The average Bonchev–Trinajstić information content (AvgIpc) is 3.61. The quantitative estimate of drug-likeness (QED) is 0.290. The van der Waals surface area contributed by atoms with Gasteiger partial charge in [0.25, 0.3) is 0 Å². The molecule has 0 amide bonds. The highest BCUT2D eigenvalue weighted by Crippen LogP contribution is 2.47. The van der Waals surface area contributed by atoms with Crippen LogP contribution in [0.1, 0.15) is 17.5 Å². The minimum atomic E-state index is 0.682. The van der Waals surface area contributed by atoms with E-state index in [2.05, 4.69) is 47.5 Å². The normalized spacial score (nSPS) is 12.8. The van der Waals surface area contributed by atoms with E-state index >= 15 is 0 Å². The summed E-state index contributed by atoms with van der Waals surface area (Å²) < 4.78 is 18.3. The van der Waals surface area contributed by atoms with Crippen LogP contribution in [0, 0.1) is 12.1 Å². The SMILES string of the molecule is c1cccc(-c2ccc3c(oc4ccccc43)c2-c2oc(-c3cocn3)c3c2CCC=C3)c#1. The fraction of sp³-hybridized carbons (Fsp3) is 0.0690. The molecule has 0 bridgehead atoms. The lowest BCUT2D eigenvalue weighted by Crippen LogP contribution is -1.94. The van der Waals surface area contributed by atoms with Gasteiger partial charge in [0, 0.05) is 33.0 Å². The van der Waals surface area contributed by atoms with E-state index in [1.54, 1.807) is 6.26 Å². The average molecular weight is 427 g/mol. The van der Waals surface area contributed by atoms with Crippen molar-refractivity contribution in [2.75, 3.05) is 0 Å². The minimum Gasteiger partial charge on any atom is -0.455 e. The van der Waals surface area contributed by atoms with Gasteiger partial charge in [-0.15, -0.1) is 0 Å². The maximum atomic E-state index is 6.61. The minimum absolute atomic E-state index is 0.682. The van der Waals surface area contributed by atoms with Crippen LogP contribution in [0.25, 0.3) is 61.9 Å². The van der Waals surface area contributed by atoms with E-state index < -0.39 is 0 Å². The number of allylic oxidation sites excluding steroid dienone is 1. The Morgan fingerprint density at radius 2 is 1.88 bits per heavy atom. The Morgan fingerprint density at radius 1 is 0.909 bits per heavy atom. The molecule has 0 radical (unpaired) electrons. The predicted molar refractivity (Wildman–Crippen MR) is 127 cm³/mol. The lowest BCUT2D eigenvalue weighted by atomic mass is 9.90. The molecular formula is C29H17NO3. The van der Waals surface area contributed by atoms with Crippen molar-refractivity contribution >= 4 is 28.0 Å². The van der Waals surface area contributed by atoms with Crippen molar-refractivity contribution in [3.8, 4) is 33.9 Å². The third kappa shape index (κ3) is 2.69. The number of oxazole rings is 1. The molecule has 0 N–H and O–H groups in total. The molecule has 1 aliphatic carbocycles. The van der Waals surface area contributed by atoms with Gasteiger partial charge in [-0.25, -0.2) is 4.98 Å². The zero-order chi connectivity index (χ0) is 21.8. The molecule has 1 aliphatic rings. The molecule has 3 aromatic heterocycles. The van der Waals surface area contributed by atoms with E-state index in [-0.39, 0.29) is 0 Å². The Morgan fingerprint density at radius 3 is 2.76 bits per heavy atom. The standard InChI is InChI=1S/C29H17NO3/c1-2-8-18(9-3-1)19-14-15-23-20-10-6-7-13-25(20)32-28(23)26(19)29-22-12-5-4-11-21(22)27(33-29)24-16-31-17-30-24/h1-2,4,6-8,10-11,13-17H,5,12H2. The summed E-state index contributed by atoms with van der Waals surface area (Å²) in [5.41, 5.74) is 7.42. The molecule has 0 fully saturated rings. The van der Waals surface area contributed by atoms with Crippen LogP contribution in [0.5, 0.6) is 0 Å². The van der Waals surface area contributed by atoms with Crippen molar-refractivity contribution in [2.24, 2.45) is 0 Å². The van der Waals surface area contributed by atoms with Gasteiger partial charge in [-0.1, -0.05) is 54.6 Å². The molecule has 4 heteroatoms. The lowest BCUT2D eigenvalue weighted by Gasteiger charge is -2.11. The number of benzene rings is 2. The van der Waals surface area contributed by atoms with Crippen molar-refractivity contribution in [3.63, 3.8) is 0 Å². The summed E-state index contributed by atoms with van der Waals surface area (Å²) in [7, 11) is 0. The van der Waals surface area contributed by atoms with Crippen molar-refractivity contribution in [1.29, 1.82) is 0 Å². The first-order valence-electron chi connectivity index (χ1n) is 10.9. The number of rotatable bonds is 3. The van der Waals surface area contributed by atoms with Crippen LogP contribution in [-0.2, 0) is 6.42 Å². The van der Waals surface area contributed by atoms with Crippen LogP contribution in [-0.4, -0.2) is 4.98 Å². The summed E-state index contributed by atoms with van der Waals surface area (Å²) >= 11 is 0. The summed E-state index contributed by atoms with van der Waals surface area (Å²) in [6.45, 7) is 0. The molecular weight excluding hydrogens is 410 g/mol. The van der Waals surface area contributed by atoms with E-state index in [0.29, 0.717) is 11.5 Å². The van der Waals surface area contributed by atoms with Gasteiger partial charge >= 0.3 is 0 Å². The second-order valence-corrected chi connectivity index (χ2v) is 8.14. The van der Waals surface area contributed by atoms with Gasteiger partial charge in [0.05, 0.1) is 5.56 Å². The van der Waals surface area contributed by atoms with Crippen LogP contribution < -0.4 is 0 Å². The highest BCUT2D eigenvalue weighted by molar-refractivity contribution is 6.12. The van der Waals surface area contributed by atoms with E-state index in [0.717, 1.165) is 68.4 Å². The number of fused-ring (bicyclic) bond motifs is 4. The Kier molecular flexibility index (Phi) is 3.85. The van der Waals surface area contributed by atoms with Gasteiger partial charge in [0.2, 0.25) is 0 Å². The van der Waals surface area contributed by atoms with Crippen LogP contribution in [0.15, 0.2) is 86.6 Å². The van der Waals surface area contributed by atoms with E-state index in [1.807, 2.05) is 36.4 Å². The molecule has 0 saturated heterocycles. The summed E-state index contributed by atoms with van der Waals surface area (Å²) in [6.07, 6.45) is 9.17. The lowest BCUT2D eigenvalue weighted by molar-refractivity contribution is 0.556. The second-order valence-electron chi connectivity index (χ2n) is 8.14. The molecule has 0 unspecified atom stereocenters. The first kappa shape index (κ1) is 18.1. The third-order valence-electron chi connectivity index (χ3n) is 6.27.